The number of anilines is 1. The second-order valence-corrected chi connectivity index (χ2v) is 6.65. The Balaban J connectivity index is 3.09. The predicted molar refractivity (Wildman–Crippen MR) is 87.3 cm³/mol. The highest BCUT2D eigenvalue weighted by molar-refractivity contribution is 5.51. The zero-order chi connectivity index (χ0) is 16.0. The molecule has 3 N–H and O–H groups in total. The normalized spacial score (nSPS) is 12.0. The average molecular weight is 296 g/mol. The fourth-order valence-corrected chi connectivity index (χ4v) is 2.98. The Hall–Kier alpha value is -1.29. The lowest BCUT2D eigenvalue weighted by molar-refractivity contribution is 0.316. The second kappa shape index (κ2) is 7.64. The first kappa shape index (κ1) is 17.8. The molecule has 0 aliphatic rings. The quantitative estimate of drug-likeness (QED) is 0.761. The van der Waals surface area contributed by atoms with Crippen LogP contribution in [0.3, 0.4) is 0 Å². The van der Waals surface area contributed by atoms with Gasteiger partial charge >= 0.3 is 0 Å². The van der Waals surface area contributed by atoms with Crippen LogP contribution in [-0.2, 0) is 0 Å². The van der Waals surface area contributed by atoms with Crippen LogP contribution < -0.4 is 15.8 Å². The third-order valence-corrected chi connectivity index (χ3v) is 3.56. The van der Waals surface area contributed by atoms with E-state index in [0.29, 0.717) is 29.8 Å². The highest BCUT2D eigenvalue weighted by atomic mass is 19.1. The van der Waals surface area contributed by atoms with Crippen molar-refractivity contribution >= 4 is 5.69 Å². The van der Waals surface area contributed by atoms with Crippen molar-refractivity contribution in [2.24, 2.45) is 17.6 Å². The molecule has 0 saturated carbocycles. The molecule has 0 bridgehead atoms. The number of benzene rings is 1. The van der Waals surface area contributed by atoms with E-state index in [9.17, 15) is 4.39 Å². The van der Waals surface area contributed by atoms with E-state index in [0.717, 1.165) is 12.8 Å². The van der Waals surface area contributed by atoms with Gasteiger partial charge in [-0.2, -0.15) is 0 Å². The molecule has 0 fully saturated rings. The minimum Gasteiger partial charge on any atom is -0.497 e. The number of nitrogens with two attached hydrogens (primary N) is 1. The van der Waals surface area contributed by atoms with Crippen molar-refractivity contribution in [1.29, 1.82) is 0 Å². The maximum atomic E-state index is 14.1. The lowest BCUT2D eigenvalue weighted by Crippen LogP contribution is -2.47. The molecule has 0 amide bonds. The number of ether oxygens (including phenoxy) is 1. The average Bonchev–Trinajstić information content (AvgIpc) is 2.39. The van der Waals surface area contributed by atoms with Crippen LogP contribution in [0.15, 0.2) is 18.2 Å². The summed E-state index contributed by atoms with van der Waals surface area (Å²) in [6.07, 6.45) is 1.80. The van der Waals surface area contributed by atoms with Gasteiger partial charge in [-0.15, -0.1) is 0 Å². The molecule has 1 rings (SSSR count). The summed E-state index contributed by atoms with van der Waals surface area (Å²) in [6, 6.07) is 4.74. The van der Waals surface area contributed by atoms with Crippen molar-refractivity contribution in [3.63, 3.8) is 0 Å². The summed E-state index contributed by atoms with van der Waals surface area (Å²) < 4.78 is 19.3. The highest BCUT2D eigenvalue weighted by Crippen LogP contribution is 2.31. The number of rotatable bonds is 8. The van der Waals surface area contributed by atoms with Gasteiger partial charge in [0.15, 0.2) is 0 Å². The number of methoxy groups -OCH3 is 1. The monoisotopic (exact) mass is 296 g/mol. The largest absolute Gasteiger partial charge is 0.497 e. The van der Waals surface area contributed by atoms with Crippen LogP contribution in [0.2, 0.25) is 0 Å². The van der Waals surface area contributed by atoms with Crippen molar-refractivity contribution in [2.75, 3.05) is 19.0 Å². The van der Waals surface area contributed by atoms with Crippen LogP contribution >= 0.6 is 0 Å². The summed E-state index contributed by atoms with van der Waals surface area (Å²) >= 11 is 0. The van der Waals surface area contributed by atoms with E-state index >= 15 is 0 Å². The molecule has 120 valence electrons. The van der Waals surface area contributed by atoms with Gasteiger partial charge in [0.1, 0.15) is 11.6 Å². The molecule has 3 nitrogen and oxygen atoms in total. The van der Waals surface area contributed by atoms with E-state index in [1.165, 1.54) is 6.07 Å². The topological polar surface area (TPSA) is 47.3 Å². The summed E-state index contributed by atoms with van der Waals surface area (Å²) in [4.78, 5) is 0. The first-order valence-electron chi connectivity index (χ1n) is 7.63. The summed E-state index contributed by atoms with van der Waals surface area (Å²) in [5.74, 6) is 1.32. The third-order valence-electron chi connectivity index (χ3n) is 3.56. The van der Waals surface area contributed by atoms with E-state index in [-0.39, 0.29) is 11.4 Å². The molecular formula is C17H29FN2O. The van der Waals surface area contributed by atoms with Gasteiger partial charge in [-0.25, -0.2) is 4.39 Å². The minimum atomic E-state index is -0.296. The zero-order valence-electron chi connectivity index (χ0n) is 13.9. The van der Waals surface area contributed by atoms with Gasteiger partial charge in [0.2, 0.25) is 0 Å². The lowest BCUT2D eigenvalue weighted by Gasteiger charge is -2.38. The van der Waals surface area contributed by atoms with Crippen molar-refractivity contribution in [3.8, 4) is 5.75 Å². The number of nitrogens with one attached hydrogen (secondary N) is 1. The summed E-state index contributed by atoms with van der Waals surface area (Å²) in [5, 5.41) is 3.37. The minimum absolute atomic E-state index is 0.277. The summed E-state index contributed by atoms with van der Waals surface area (Å²) in [7, 11) is 1.58. The van der Waals surface area contributed by atoms with Gasteiger partial charge < -0.3 is 15.8 Å². The number of hydrogen-bond acceptors (Lipinski definition) is 3. The van der Waals surface area contributed by atoms with Crippen molar-refractivity contribution < 1.29 is 9.13 Å². The predicted octanol–water partition coefficient (Wildman–Crippen LogP) is 4.04. The third kappa shape index (κ3) is 5.20. The fraction of sp³-hybridized carbons (Fsp3) is 0.647. The van der Waals surface area contributed by atoms with Gasteiger partial charge in [0, 0.05) is 12.6 Å². The van der Waals surface area contributed by atoms with E-state index in [1.807, 2.05) is 0 Å². The molecule has 0 aliphatic carbocycles. The summed E-state index contributed by atoms with van der Waals surface area (Å²) in [5.41, 5.74) is 6.22. The zero-order valence-corrected chi connectivity index (χ0v) is 13.9. The molecule has 0 radical (unpaired) electrons. The van der Waals surface area contributed by atoms with E-state index in [4.69, 9.17) is 10.5 Å². The molecule has 1 aromatic carbocycles. The molecule has 0 spiro atoms. The van der Waals surface area contributed by atoms with E-state index in [1.54, 1.807) is 19.2 Å². The van der Waals surface area contributed by atoms with Gasteiger partial charge in [-0.1, -0.05) is 27.7 Å². The molecule has 0 saturated heterocycles. The van der Waals surface area contributed by atoms with Crippen LogP contribution in [0.1, 0.15) is 40.5 Å². The van der Waals surface area contributed by atoms with Crippen LogP contribution in [0.25, 0.3) is 0 Å². The molecule has 0 heterocycles. The van der Waals surface area contributed by atoms with Gasteiger partial charge in [-0.05, 0) is 36.8 Å². The summed E-state index contributed by atoms with van der Waals surface area (Å²) in [6.45, 7) is 9.12. The molecular weight excluding hydrogens is 267 g/mol. The lowest BCUT2D eigenvalue weighted by atomic mass is 9.81. The van der Waals surface area contributed by atoms with Crippen molar-refractivity contribution in [2.45, 2.75) is 46.1 Å². The van der Waals surface area contributed by atoms with Crippen LogP contribution in [0.4, 0.5) is 10.1 Å². The van der Waals surface area contributed by atoms with Crippen molar-refractivity contribution in [1.82, 2.24) is 0 Å². The molecule has 0 aliphatic heterocycles. The molecule has 1 aromatic rings. The Morgan fingerprint density at radius 3 is 2.19 bits per heavy atom. The van der Waals surface area contributed by atoms with Gasteiger partial charge in [-0.3, -0.25) is 0 Å². The molecule has 21 heavy (non-hydrogen) atoms. The van der Waals surface area contributed by atoms with Crippen LogP contribution in [0.5, 0.6) is 5.75 Å². The Morgan fingerprint density at radius 1 is 1.19 bits per heavy atom. The molecule has 4 heteroatoms. The Labute approximate surface area is 128 Å². The van der Waals surface area contributed by atoms with E-state index in [2.05, 4.69) is 33.0 Å². The van der Waals surface area contributed by atoms with Gasteiger partial charge in [0.05, 0.1) is 18.3 Å². The standard InChI is InChI=1S/C17H29FN2O/c1-12(2)9-17(11-19,10-13(3)4)20-16-8-14(21-5)6-7-15(16)18/h6-8,12-13,20H,9-11,19H2,1-5H3. The van der Waals surface area contributed by atoms with Crippen LogP contribution in [-0.4, -0.2) is 19.2 Å². The number of hydrogen-bond donors (Lipinski definition) is 2. The Kier molecular flexibility index (Phi) is 6.46. The first-order chi connectivity index (χ1) is 9.81. The smallest absolute Gasteiger partial charge is 0.146 e. The Bertz CT molecular complexity index is 436. The van der Waals surface area contributed by atoms with Crippen LogP contribution in [0, 0.1) is 17.7 Å². The fourth-order valence-electron chi connectivity index (χ4n) is 2.98. The first-order valence-corrected chi connectivity index (χ1v) is 7.63. The highest BCUT2D eigenvalue weighted by Gasteiger charge is 2.31. The van der Waals surface area contributed by atoms with Gasteiger partial charge in [0.25, 0.3) is 0 Å². The maximum absolute atomic E-state index is 14.1. The van der Waals surface area contributed by atoms with Crippen molar-refractivity contribution in [3.05, 3.63) is 24.0 Å². The second-order valence-electron chi connectivity index (χ2n) is 6.65. The molecule has 0 aromatic heterocycles. The maximum Gasteiger partial charge on any atom is 0.146 e. The Morgan fingerprint density at radius 2 is 1.76 bits per heavy atom. The molecule has 0 atom stereocenters. The molecule has 0 unspecified atom stereocenters. The number of halogens is 1. The van der Waals surface area contributed by atoms with E-state index < -0.39 is 0 Å². The SMILES string of the molecule is COc1ccc(F)c(NC(CN)(CC(C)C)CC(C)C)c1.